The number of pyridine rings is 1. The van der Waals surface area contributed by atoms with Gasteiger partial charge < -0.3 is 14.5 Å². The van der Waals surface area contributed by atoms with E-state index in [2.05, 4.69) is 16.9 Å². The average Bonchev–Trinajstić information content (AvgIpc) is 3.00. The van der Waals surface area contributed by atoms with E-state index in [1.807, 2.05) is 28.8 Å². The number of carbonyl (C=O) groups is 1. The summed E-state index contributed by atoms with van der Waals surface area (Å²) in [5.41, 5.74) is 2.14. The van der Waals surface area contributed by atoms with Crippen LogP contribution in [0.4, 0.5) is 0 Å². The number of nitrogens with one attached hydrogen (secondary N) is 1. The second-order valence-electron chi connectivity index (χ2n) is 6.45. The van der Waals surface area contributed by atoms with Crippen LogP contribution < -0.4 is 5.56 Å². The highest BCUT2D eigenvalue weighted by Crippen LogP contribution is 2.31. The maximum absolute atomic E-state index is 13.1. The smallest absolute Gasteiger partial charge is 0.254 e. The molecule has 1 atom stereocenters. The van der Waals surface area contributed by atoms with Crippen LogP contribution in [0.25, 0.3) is 0 Å². The molecule has 2 aromatic heterocycles. The summed E-state index contributed by atoms with van der Waals surface area (Å²) in [7, 11) is 1.95. The Morgan fingerprint density at radius 2 is 2.21 bits per heavy atom. The topological polar surface area (TPSA) is 71.0 Å². The van der Waals surface area contributed by atoms with Crippen molar-refractivity contribution in [2.75, 3.05) is 6.54 Å². The summed E-state index contributed by atoms with van der Waals surface area (Å²) in [4.78, 5) is 33.9. The summed E-state index contributed by atoms with van der Waals surface area (Å²) in [6, 6.07) is 3.26. The molecule has 2 aromatic rings. The van der Waals surface area contributed by atoms with Gasteiger partial charge in [0.25, 0.3) is 5.91 Å². The minimum absolute atomic E-state index is 0.0210. The van der Waals surface area contributed by atoms with E-state index in [1.165, 1.54) is 6.07 Å². The van der Waals surface area contributed by atoms with E-state index in [-0.39, 0.29) is 17.5 Å². The van der Waals surface area contributed by atoms with Crippen LogP contribution in [0.15, 0.2) is 29.5 Å². The summed E-state index contributed by atoms with van der Waals surface area (Å²) >= 11 is 0. The Labute approximate surface area is 141 Å². The van der Waals surface area contributed by atoms with E-state index in [1.54, 1.807) is 6.33 Å². The average molecular weight is 328 g/mol. The van der Waals surface area contributed by atoms with Crippen LogP contribution in [0.2, 0.25) is 0 Å². The highest BCUT2D eigenvalue weighted by Gasteiger charge is 2.30. The van der Waals surface area contributed by atoms with Gasteiger partial charge in [0.1, 0.15) is 0 Å². The number of hydrogen-bond acceptors (Lipinski definition) is 3. The summed E-state index contributed by atoms with van der Waals surface area (Å²) < 4.78 is 1.97. The fourth-order valence-electron chi connectivity index (χ4n) is 3.46. The first-order valence-corrected chi connectivity index (χ1v) is 8.60. The first-order valence-electron chi connectivity index (χ1n) is 8.60. The molecule has 0 spiro atoms. The number of aromatic amines is 1. The summed E-state index contributed by atoms with van der Waals surface area (Å²) in [6.07, 6.45) is 8.30. The van der Waals surface area contributed by atoms with Crippen molar-refractivity contribution in [3.05, 3.63) is 52.0 Å². The molecule has 1 aliphatic rings. The van der Waals surface area contributed by atoms with Crippen LogP contribution >= 0.6 is 0 Å². The lowest BCUT2D eigenvalue weighted by Gasteiger charge is -2.36. The molecule has 6 nitrogen and oxygen atoms in total. The largest absolute Gasteiger partial charge is 0.336 e. The monoisotopic (exact) mass is 328 g/mol. The molecule has 1 aliphatic heterocycles. The number of amides is 1. The summed E-state index contributed by atoms with van der Waals surface area (Å²) in [5, 5.41) is 0. The van der Waals surface area contributed by atoms with Gasteiger partial charge in [0, 0.05) is 30.9 Å². The number of H-pyrrole nitrogens is 1. The van der Waals surface area contributed by atoms with Crippen molar-refractivity contribution in [3.8, 4) is 0 Å². The van der Waals surface area contributed by atoms with E-state index >= 15 is 0 Å². The molecule has 1 fully saturated rings. The molecule has 0 radical (unpaired) electrons. The zero-order valence-corrected chi connectivity index (χ0v) is 14.3. The Morgan fingerprint density at radius 3 is 2.92 bits per heavy atom. The van der Waals surface area contributed by atoms with Crippen molar-refractivity contribution < 1.29 is 4.79 Å². The Morgan fingerprint density at radius 1 is 1.38 bits per heavy atom. The predicted octanol–water partition coefficient (Wildman–Crippen LogP) is 2.43. The number of imidazole rings is 1. The molecular weight excluding hydrogens is 304 g/mol. The van der Waals surface area contributed by atoms with Crippen LogP contribution in [0.1, 0.15) is 60.4 Å². The molecule has 0 aliphatic carbocycles. The van der Waals surface area contributed by atoms with E-state index in [0.717, 1.165) is 43.5 Å². The third kappa shape index (κ3) is 3.27. The molecule has 24 heavy (non-hydrogen) atoms. The van der Waals surface area contributed by atoms with Gasteiger partial charge in [-0.2, -0.15) is 0 Å². The SMILES string of the molecule is CCCc1cc(C(=O)N2CCCCC2c2cncn2C)cc(=O)[nH]1. The molecule has 3 rings (SSSR count). The van der Waals surface area contributed by atoms with Gasteiger partial charge in [-0.05, 0) is 31.7 Å². The standard InChI is InChI=1S/C18H24N4O2/c1-3-6-14-9-13(10-17(23)20-14)18(24)22-8-5-4-7-15(22)16-11-19-12-21(16)2/h9-12,15H,3-8H2,1-2H3,(H,20,23). The Hall–Kier alpha value is -2.37. The highest BCUT2D eigenvalue weighted by atomic mass is 16.2. The molecular formula is C18H24N4O2. The van der Waals surface area contributed by atoms with Crippen molar-refractivity contribution in [2.24, 2.45) is 7.05 Å². The van der Waals surface area contributed by atoms with Crippen molar-refractivity contribution in [1.82, 2.24) is 19.4 Å². The van der Waals surface area contributed by atoms with Gasteiger partial charge in [-0.3, -0.25) is 9.59 Å². The van der Waals surface area contributed by atoms with Crippen LogP contribution in [0, 0.1) is 0 Å². The quantitative estimate of drug-likeness (QED) is 0.937. The fraction of sp³-hybridized carbons (Fsp3) is 0.500. The van der Waals surface area contributed by atoms with Gasteiger partial charge in [0.2, 0.25) is 5.56 Å². The van der Waals surface area contributed by atoms with Gasteiger partial charge >= 0.3 is 0 Å². The van der Waals surface area contributed by atoms with Gasteiger partial charge in [-0.1, -0.05) is 13.3 Å². The molecule has 0 saturated carbocycles. The second-order valence-corrected chi connectivity index (χ2v) is 6.45. The number of piperidine rings is 1. The lowest BCUT2D eigenvalue weighted by Crippen LogP contribution is -2.39. The zero-order valence-electron chi connectivity index (χ0n) is 14.3. The molecule has 0 bridgehead atoms. The van der Waals surface area contributed by atoms with Crippen molar-refractivity contribution >= 4 is 5.91 Å². The van der Waals surface area contributed by atoms with Crippen molar-refractivity contribution in [1.29, 1.82) is 0 Å². The first kappa shape index (κ1) is 16.5. The third-order valence-corrected chi connectivity index (χ3v) is 4.63. The minimum atomic E-state index is -0.210. The second kappa shape index (κ2) is 7.03. The van der Waals surface area contributed by atoms with Gasteiger partial charge in [0.15, 0.2) is 0 Å². The van der Waals surface area contributed by atoms with E-state index in [0.29, 0.717) is 12.1 Å². The van der Waals surface area contributed by atoms with Crippen LogP contribution in [-0.4, -0.2) is 31.9 Å². The van der Waals surface area contributed by atoms with Crippen molar-refractivity contribution in [2.45, 2.75) is 45.1 Å². The minimum Gasteiger partial charge on any atom is -0.336 e. The maximum Gasteiger partial charge on any atom is 0.254 e. The third-order valence-electron chi connectivity index (χ3n) is 4.63. The number of aryl methyl sites for hydroxylation is 2. The molecule has 128 valence electrons. The van der Waals surface area contributed by atoms with Crippen LogP contribution in [0.5, 0.6) is 0 Å². The number of nitrogens with zero attached hydrogens (tertiary/aromatic N) is 3. The summed E-state index contributed by atoms with van der Waals surface area (Å²) in [5.74, 6) is -0.0654. The van der Waals surface area contributed by atoms with Gasteiger partial charge in [-0.15, -0.1) is 0 Å². The first-order chi connectivity index (χ1) is 11.6. The maximum atomic E-state index is 13.1. The van der Waals surface area contributed by atoms with E-state index in [4.69, 9.17) is 0 Å². The molecule has 6 heteroatoms. The van der Waals surface area contributed by atoms with E-state index in [9.17, 15) is 9.59 Å². The lowest BCUT2D eigenvalue weighted by molar-refractivity contribution is 0.0602. The Bertz CT molecular complexity index is 777. The molecule has 1 N–H and O–H groups in total. The predicted molar refractivity (Wildman–Crippen MR) is 91.9 cm³/mol. The van der Waals surface area contributed by atoms with Crippen LogP contribution in [-0.2, 0) is 13.5 Å². The summed E-state index contributed by atoms with van der Waals surface area (Å²) in [6.45, 7) is 2.76. The normalized spacial score (nSPS) is 17.9. The fourth-order valence-corrected chi connectivity index (χ4v) is 3.46. The number of likely N-dealkylation sites (tertiary alicyclic amines) is 1. The number of rotatable bonds is 4. The number of carbonyl (C=O) groups excluding carboxylic acids is 1. The molecule has 3 heterocycles. The molecule has 0 aromatic carbocycles. The number of aromatic nitrogens is 3. The highest BCUT2D eigenvalue weighted by molar-refractivity contribution is 5.94. The molecule has 1 amide bonds. The molecule has 1 saturated heterocycles. The van der Waals surface area contributed by atoms with Gasteiger partial charge in [0.05, 0.1) is 24.3 Å². The zero-order chi connectivity index (χ0) is 17.1. The van der Waals surface area contributed by atoms with Crippen LogP contribution in [0.3, 0.4) is 0 Å². The lowest BCUT2D eigenvalue weighted by atomic mass is 9.98. The van der Waals surface area contributed by atoms with Crippen molar-refractivity contribution in [3.63, 3.8) is 0 Å². The number of hydrogen-bond donors (Lipinski definition) is 1. The van der Waals surface area contributed by atoms with Gasteiger partial charge in [-0.25, -0.2) is 4.98 Å². The van der Waals surface area contributed by atoms with E-state index < -0.39 is 0 Å². The molecule has 1 unspecified atom stereocenters. The Balaban J connectivity index is 1.92. The Kier molecular flexibility index (Phi) is 4.83.